The van der Waals surface area contributed by atoms with Gasteiger partial charge in [0.2, 0.25) is 5.91 Å². The van der Waals surface area contributed by atoms with Crippen LogP contribution in [0.4, 0.5) is 0 Å². The third-order valence-electron chi connectivity index (χ3n) is 2.47. The van der Waals surface area contributed by atoms with Gasteiger partial charge in [-0.1, -0.05) is 19.9 Å². The summed E-state index contributed by atoms with van der Waals surface area (Å²) in [7, 11) is 0. The maximum atomic E-state index is 11.6. The minimum atomic E-state index is -0.654. The predicted molar refractivity (Wildman–Crippen MR) is 77.4 cm³/mol. The normalized spacial score (nSPS) is 12.3. The average Bonchev–Trinajstić information content (AvgIpc) is 2.45. The van der Waals surface area contributed by atoms with Gasteiger partial charge in [-0.15, -0.1) is 0 Å². The molecule has 0 aliphatic carbocycles. The van der Waals surface area contributed by atoms with Crippen molar-refractivity contribution in [2.24, 2.45) is 5.92 Å². The van der Waals surface area contributed by atoms with Crippen LogP contribution in [0.15, 0.2) is 24.3 Å². The summed E-state index contributed by atoms with van der Waals surface area (Å²) in [5.74, 6) is -1.70. The van der Waals surface area contributed by atoms with Crippen LogP contribution >= 0.6 is 0 Å². The zero-order valence-corrected chi connectivity index (χ0v) is 12.5. The molecule has 0 aromatic heterocycles. The summed E-state index contributed by atoms with van der Waals surface area (Å²) in [6, 6.07) is 0. The number of carbonyl (C=O) groups excluding carboxylic acids is 4. The Morgan fingerprint density at radius 2 is 1.81 bits per heavy atom. The highest BCUT2D eigenvalue weighted by molar-refractivity contribution is 5.96. The molecule has 0 bridgehead atoms. The van der Waals surface area contributed by atoms with Crippen molar-refractivity contribution in [1.82, 2.24) is 5.32 Å². The predicted octanol–water partition coefficient (Wildman–Crippen LogP) is 0.962. The molecule has 0 fully saturated rings. The van der Waals surface area contributed by atoms with Gasteiger partial charge in [-0.2, -0.15) is 0 Å². The van der Waals surface area contributed by atoms with Crippen molar-refractivity contribution in [3.05, 3.63) is 24.3 Å². The highest BCUT2D eigenvalue weighted by atomic mass is 16.5. The Hall–Kier alpha value is -2.24. The van der Waals surface area contributed by atoms with Crippen LogP contribution in [0.5, 0.6) is 0 Å². The molecule has 6 nitrogen and oxygen atoms in total. The van der Waals surface area contributed by atoms with Crippen LogP contribution in [0.3, 0.4) is 0 Å². The molecule has 1 N–H and O–H groups in total. The molecule has 0 heterocycles. The molecule has 0 spiro atoms. The Labute approximate surface area is 124 Å². The van der Waals surface area contributed by atoms with Crippen molar-refractivity contribution < 1.29 is 23.9 Å². The van der Waals surface area contributed by atoms with Crippen LogP contribution in [-0.2, 0) is 23.9 Å². The average molecular weight is 295 g/mol. The first-order valence-electron chi connectivity index (χ1n) is 6.69. The Morgan fingerprint density at radius 1 is 1.14 bits per heavy atom. The molecule has 0 rings (SSSR count). The topological polar surface area (TPSA) is 89.5 Å². The fourth-order valence-electron chi connectivity index (χ4n) is 1.16. The van der Waals surface area contributed by atoms with Gasteiger partial charge < -0.3 is 10.1 Å². The second kappa shape index (κ2) is 10.5. The molecule has 1 unspecified atom stereocenters. The van der Waals surface area contributed by atoms with Crippen LogP contribution in [0.25, 0.3) is 0 Å². The first-order valence-corrected chi connectivity index (χ1v) is 6.69. The molecular formula is C15H21NO5. The molecule has 0 aromatic carbocycles. The Kier molecular flexibility index (Phi) is 9.41. The lowest BCUT2D eigenvalue weighted by Gasteiger charge is -2.07. The molecule has 0 radical (unpaired) electrons. The third-order valence-corrected chi connectivity index (χ3v) is 2.47. The number of allylic oxidation sites excluding steroid dienone is 2. The van der Waals surface area contributed by atoms with E-state index >= 15 is 0 Å². The monoisotopic (exact) mass is 295 g/mol. The van der Waals surface area contributed by atoms with Gasteiger partial charge in [-0.05, 0) is 12.2 Å². The van der Waals surface area contributed by atoms with E-state index in [0.29, 0.717) is 6.42 Å². The summed E-state index contributed by atoms with van der Waals surface area (Å²) in [6.07, 6.45) is 5.39. The molecule has 1 atom stereocenters. The van der Waals surface area contributed by atoms with Gasteiger partial charge in [-0.25, -0.2) is 4.79 Å². The Bertz CT molecular complexity index is 451. The van der Waals surface area contributed by atoms with Crippen molar-refractivity contribution >= 4 is 23.4 Å². The summed E-state index contributed by atoms with van der Waals surface area (Å²) < 4.78 is 4.86. The Balaban J connectivity index is 4.07. The van der Waals surface area contributed by atoms with E-state index in [2.05, 4.69) is 5.32 Å². The third kappa shape index (κ3) is 10.2. The second-order valence-corrected chi connectivity index (χ2v) is 4.43. The molecule has 0 saturated carbocycles. The number of ketones is 2. The molecule has 0 aromatic rings. The summed E-state index contributed by atoms with van der Waals surface area (Å²) in [5.41, 5.74) is 0. The molecule has 0 aliphatic rings. The number of hydrogen-bond acceptors (Lipinski definition) is 5. The van der Waals surface area contributed by atoms with E-state index in [1.807, 2.05) is 0 Å². The van der Waals surface area contributed by atoms with E-state index in [-0.39, 0.29) is 30.6 Å². The van der Waals surface area contributed by atoms with Gasteiger partial charge in [0, 0.05) is 26.0 Å². The standard InChI is InChI=1S/C15H21NO5/c1-4-13(18)7-8-15(20)21-10-11(2)14(19)6-5-9-16-12(3)17/h5-8,11H,4,9-10H2,1-3H3,(H,16,17)/b6-5+,8-7+. The summed E-state index contributed by atoms with van der Waals surface area (Å²) in [6.45, 7) is 4.90. The van der Waals surface area contributed by atoms with E-state index in [4.69, 9.17) is 4.74 Å². The largest absolute Gasteiger partial charge is 0.462 e. The molecule has 0 aliphatic heterocycles. The lowest BCUT2D eigenvalue weighted by Crippen LogP contribution is -2.20. The summed E-state index contributed by atoms with van der Waals surface area (Å²) in [5, 5.41) is 2.52. The SMILES string of the molecule is CCC(=O)/C=C/C(=O)OCC(C)C(=O)/C=C/CNC(C)=O. The first kappa shape index (κ1) is 18.8. The number of esters is 1. The van der Waals surface area contributed by atoms with Crippen molar-refractivity contribution in [3.63, 3.8) is 0 Å². The number of rotatable bonds is 9. The molecule has 6 heteroatoms. The number of ether oxygens (including phenoxy) is 1. The van der Waals surface area contributed by atoms with Crippen molar-refractivity contribution in [2.45, 2.75) is 27.2 Å². The van der Waals surface area contributed by atoms with Crippen molar-refractivity contribution in [3.8, 4) is 0 Å². The minimum absolute atomic E-state index is 0.0627. The molecule has 116 valence electrons. The summed E-state index contributed by atoms with van der Waals surface area (Å²) >= 11 is 0. The first-order chi connectivity index (χ1) is 9.86. The number of carbonyl (C=O) groups is 4. The minimum Gasteiger partial charge on any atom is -0.462 e. The molecular weight excluding hydrogens is 274 g/mol. The number of amides is 1. The zero-order valence-electron chi connectivity index (χ0n) is 12.5. The quantitative estimate of drug-likeness (QED) is 0.505. The van der Waals surface area contributed by atoms with Gasteiger partial charge in [-0.3, -0.25) is 14.4 Å². The van der Waals surface area contributed by atoms with Gasteiger partial charge in [0.05, 0.1) is 5.92 Å². The van der Waals surface area contributed by atoms with Gasteiger partial charge in [0.15, 0.2) is 11.6 Å². The lowest BCUT2D eigenvalue weighted by molar-refractivity contribution is -0.140. The van der Waals surface area contributed by atoms with E-state index in [0.717, 1.165) is 12.2 Å². The Morgan fingerprint density at radius 3 is 2.38 bits per heavy atom. The lowest BCUT2D eigenvalue weighted by atomic mass is 10.1. The highest BCUT2D eigenvalue weighted by Crippen LogP contribution is 2.00. The molecule has 1 amide bonds. The van der Waals surface area contributed by atoms with Gasteiger partial charge >= 0.3 is 5.97 Å². The van der Waals surface area contributed by atoms with E-state index in [1.165, 1.54) is 19.1 Å². The van der Waals surface area contributed by atoms with Crippen molar-refractivity contribution in [2.75, 3.05) is 13.2 Å². The van der Waals surface area contributed by atoms with Crippen LogP contribution in [0.2, 0.25) is 0 Å². The highest BCUT2D eigenvalue weighted by Gasteiger charge is 2.11. The second-order valence-electron chi connectivity index (χ2n) is 4.43. The van der Waals surface area contributed by atoms with E-state index < -0.39 is 11.9 Å². The maximum Gasteiger partial charge on any atom is 0.330 e. The van der Waals surface area contributed by atoms with Crippen LogP contribution in [-0.4, -0.2) is 36.6 Å². The van der Waals surface area contributed by atoms with E-state index in [9.17, 15) is 19.2 Å². The smallest absolute Gasteiger partial charge is 0.330 e. The van der Waals surface area contributed by atoms with Crippen LogP contribution in [0, 0.1) is 5.92 Å². The number of nitrogens with one attached hydrogen (secondary N) is 1. The maximum absolute atomic E-state index is 11.6. The molecule has 0 saturated heterocycles. The van der Waals surface area contributed by atoms with Gasteiger partial charge in [0.25, 0.3) is 0 Å². The molecule has 21 heavy (non-hydrogen) atoms. The van der Waals surface area contributed by atoms with E-state index in [1.54, 1.807) is 13.8 Å². The fourth-order valence-corrected chi connectivity index (χ4v) is 1.16. The van der Waals surface area contributed by atoms with Crippen molar-refractivity contribution in [1.29, 1.82) is 0 Å². The number of hydrogen-bond donors (Lipinski definition) is 1. The zero-order chi connectivity index (χ0) is 16.3. The van der Waals surface area contributed by atoms with Gasteiger partial charge in [0.1, 0.15) is 6.61 Å². The van der Waals surface area contributed by atoms with Crippen LogP contribution < -0.4 is 5.32 Å². The summed E-state index contributed by atoms with van der Waals surface area (Å²) in [4.78, 5) is 44.5. The van der Waals surface area contributed by atoms with Crippen LogP contribution in [0.1, 0.15) is 27.2 Å². The fraction of sp³-hybridized carbons (Fsp3) is 0.467.